The number of fused-ring (bicyclic) bond motifs is 1. The van der Waals surface area contributed by atoms with Crippen molar-refractivity contribution in [1.29, 1.82) is 0 Å². The number of hydrogen-bond donors (Lipinski definition) is 1. The van der Waals surface area contributed by atoms with Gasteiger partial charge in [0.2, 0.25) is 0 Å². The maximum atomic E-state index is 5.87. The molecule has 20 heavy (non-hydrogen) atoms. The van der Waals surface area contributed by atoms with E-state index < -0.39 is 0 Å². The SMILES string of the molecule is CC(C)c1nc2cc(N)ccc2n1CCC1CCOC1. The molecule has 2 heterocycles. The van der Waals surface area contributed by atoms with E-state index in [1.165, 1.54) is 11.9 Å². The van der Waals surface area contributed by atoms with Gasteiger partial charge in [0.25, 0.3) is 0 Å². The fourth-order valence-corrected chi connectivity index (χ4v) is 2.96. The average molecular weight is 273 g/mol. The first-order valence-corrected chi connectivity index (χ1v) is 7.48. The van der Waals surface area contributed by atoms with Gasteiger partial charge in [0.15, 0.2) is 0 Å². The van der Waals surface area contributed by atoms with Gasteiger partial charge in [-0.2, -0.15) is 0 Å². The van der Waals surface area contributed by atoms with Crippen molar-refractivity contribution in [3.8, 4) is 0 Å². The van der Waals surface area contributed by atoms with Crippen molar-refractivity contribution in [3.05, 3.63) is 24.0 Å². The first-order valence-electron chi connectivity index (χ1n) is 7.48. The van der Waals surface area contributed by atoms with Gasteiger partial charge >= 0.3 is 0 Å². The molecule has 4 heteroatoms. The summed E-state index contributed by atoms with van der Waals surface area (Å²) in [5.41, 5.74) is 8.85. The van der Waals surface area contributed by atoms with Crippen molar-refractivity contribution in [3.63, 3.8) is 0 Å². The van der Waals surface area contributed by atoms with Crippen LogP contribution in [0.4, 0.5) is 5.69 Å². The van der Waals surface area contributed by atoms with Gasteiger partial charge in [-0.3, -0.25) is 0 Å². The van der Waals surface area contributed by atoms with Gasteiger partial charge in [0.05, 0.1) is 11.0 Å². The Morgan fingerprint density at radius 3 is 3.00 bits per heavy atom. The zero-order valence-corrected chi connectivity index (χ0v) is 12.3. The fourth-order valence-electron chi connectivity index (χ4n) is 2.96. The lowest BCUT2D eigenvalue weighted by Gasteiger charge is -2.13. The Bertz CT molecular complexity index is 597. The normalized spacial score (nSPS) is 19.2. The summed E-state index contributed by atoms with van der Waals surface area (Å²) in [7, 11) is 0. The fraction of sp³-hybridized carbons (Fsp3) is 0.562. The third-order valence-electron chi connectivity index (χ3n) is 4.10. The molecule has 0 bridgehead atoms. The van der Waals surface area contributed by atoms with Crippen LogP contribution in [0.25, 0.3) is 11.0 Å². The molecule has 2 N–H and O–H groups in total. The second-order valence-corrected chi connectivity index (χ2v) is 6.04. The molecule has 0 aliphatic carbocycles. The van der Waals surface area contributed by atoms with Crippen LogP contribution in [-0.4, -0.2) is 22.8 Å². The number of hydrogen-bond acceptors (Lipinski definition) is 3. The number of benzene rings is 1. The predicted octanol–water partition coefficient (Wildman–Crippen LogP) is 3.17. The smallest absolute Gasteiger partial charge is 0.112 e. The summed E-state index contributed by atoms with van der Waals surface area (Å²) in [5, 5.41) is 0. The second-order valence-electron chi connectivity index (χ2n) is 6.04. The van der Waals surface area contributed by atoms with E-state index in [0.29, 0.717) is 11.8 Å². The highest BCUT2D eigenvalue weighted by atomic mass is 16.5. The minimum Gasteiger partial charge on any atom is -0.399 e. The highest BCUT2D eigenvalue weighted by Crippen LogP contribution is 2.25. The molecular weight excluding hydrogens is 250 g/mol. The predicted molar refractivity (Wildman–Crippen MR) is 81.8 cm³/mol. The molecule has 1 aromatic heterocycles. The van der Waals surface area contributed by atoms with Gasteiger partial charge in [-0.05, 0) is 37.0 Å². The topological polar surface area (TPSA) is 53.1 Å². The van der Waals surface area contributed by atoms with E-state index in [2.05, 4.69) is 24.5 Å². The first-order chi connectivity index (χ1) is 9.65. The number of aryl methyl sites for hydroxylation is 1. The molecule has 1 aromatic carbocycles. The molecule has 1 saturated heterocycles. The maximum absolute atomic E-state index is 5.87. The summed E-state index contributed by atoms with van der Waals surface area (Å²) < 4.78 is 7.83. The zero-order valence-electron chi connectivity index (χ0n) is 12.3. The van der Waals surface area contributed by atoms with Crippen LogP contribution in [0.3, 0.4) is 0 Å². The lowest BCUT2D eigenvalue weighted by molar-refractivity contribution is 0.183. The Morgan fingerprint density at radius 1 is 1.45 bits per heavy atom. The van der Waals surface area contributed by atoms with Gasteiger partial charge in [-0.15, -0.1) is 0 Å². The van der Waals surface area contributed by atoms with Crippen molar-refractivity contribution in [1.82, 2.24) is 9.55 Å². The van der Waals surface area contributed by atoms with E-state index in [4.69, 9.17) is 15.5 Å². The summed E-state index contributed by atoms with van der Waals surface area (Å²) in [6.45, 7) is 7.24. The van der Waals surface area contributed by atoms with Gasteiger partial charge in [-0.1, -0.05) is 13.8 Å². The number of anilines is 1. The second kappa shape index (κ2) is 5.44. The van der Waals surface area contributed by atoms with Crippen LogP contribution >= 0.6 is 0 Å². The maximum Gasteiger partial charge on any atom is 0.112 e. The van der Waals surface area contributed by atoms with Crippen molar-refractivity contribution < 1.29 is 4.74 Å². The number of nitrogens with zero attached hydrogens (tertiary/aromatic N) is 2. The molecule has 0 saturated carbocycles. The van der Waals surface area contributed by atoms with E-state index in [9.17, 15) is 0 Å². The van der Waals surface area contributed by atoms with E-state index in [-0.39, 0.29) is 0 Å². The minimum atomic E-state index is 0.420. The lowest BCUT2D eigenvalue weighted by atomic mass is 10.1. The van der Waals surface area contributed by atoms with Gasteiger partial charge in [-0.25, -0.2) is 4.98 Å². The van der Waals surface area contributed by atoms with Crippen molar-refractivity contribution in [2.24, 2.45) is 5.92 Å². The Morgan fingerprint density at radius 2 is 2.30 bits per heavy atom. The van der Waals surface area contributed by atoms with Gasteiger partial charge in [0.1, 0.15) is 5.82 Å². The number of nitrogens with two attached hydrogens (primary N) is 1. The summed E-state index contributed by atoms with van der Waals surface area (Å²) in [6, 6.07) is 6.02. The number of imidazole rings is 1. The van der Waals surface area contributed by atoms with Crippen LogP contribution in [0.15, 0.2) is 18.2 Å². The highest BCUT2D eigenvalue weighted by molar-refractivity contribution is 5.79. The summed E-state index contributed by atoms with van der Waals surface area (Å²) in [6.07, 6.45) is 2.35. The Hall–Kier alpha value is -1.55. The molecule has 1 unspecified atom stereocenters. The van der Waals surface area contributed by atoms with Crippen molar-refractivity contribution in [2.75, 3.05) is 18.9 Å². The molecule has 2 aromatic rings. The van der Waals surface area contributed by atoms with Crippen LogP contribution in [-0.2, 0) is 11.3 Å². The van der Waals surface area contributed by atoms with E-state index in [0.717, 1.165) is 43.2 Å². The Labute approximate surface area is 119 Å². The molecular formula is C16H23N3O. The van der Waals surface area contributed by atoms with Gasteiger partial charge in [0, 0.05) is 31.4 Å². The average Bonchev–Trinajstić information content (AvgIpc) is 3.02. The molecule has 1 fully saturated rings. The third-order valence-corrected chi connectivity index (χ3v) is 4.10. The Balaban J connectivity index is 1.91. The highest BCUT2D eigenvalue weighted by Gasteiger charge is 2.18. The standard InChI is InChI=1S/C16H23N3O/c1-11(2)16-18-14-9-13(17)3-4-15(14)19(16)7-5-12-6-8-20-10-12/h3-4,9,11-12H,5-8,10,17H2,1-2H3. The van der Waals surface area contributed by atoms with Crippen molar-refractivity contribution in [2.45, 2.75) is 39.2 Å². The summed E-state index contributed by atoms with van der Waals surface area (Å²) in [4.78, 5) is 4.77. The van der Waals surface area contributed by atoms with Gasteiger partial charge < -0.3 is 15.0 Å². The molecule has 108 valence electrons. The van der Waals surface area contributed by atoms with Crippen LogP contribution in [0.5, 0.6) is 0 Å². The molecule has 0 radical (unpaired) electrons. The first kappa shape index (κ1) is 13.4. The quantitative estimate of drug-likeness (QED) is 0.870. The zero-order chi connectivity index (χ0) is 14.1. The van der Waals surface area contributed by atoms with Crippen LogP contribution in [0.1, 0.15) is 38.4 Å². The van der Waals surface area contributed by atoms with Crippen molar-refractivity contribution >= 4 is 16.7 Å². The molecule has 1 aliphatic rings. The van der Waals surface area contributed by atoms with E-state index in [1.807, 2.05) is 12.1 Å². The molecule has 1 atom stereocenters. The number of nitrogen functional groups attached to an aromatic ring is 1. The molecule has 0 spiro atoms. The monoisotopic (exact) mass is 273 g/mol. The van der Waals surface area contributed by atoms with E-state index >= 15 is 0 Å². The van der Waals surface area contributed by atoms with E-state index in [1.54, 1.807) is 0 Å². The molecule has 1 aliphatic heterocycles. The molecule has 4 nitrogen and oxygen atoms in total. The third kappa shape index (κ3) is 2.52. The summed E-state index contributed by atoms with van der Waals surface area (Å²) in [5.74, 6) is 2.27. The number of ether oxygens (including phenoxy) is 1. The Kier molecular flexibility index (Phi) is 3.66. The van der Waals surface area contributed by atoms with Crippen LogP contribution in [0.2, 0.25) is 0 Å². The number of aromatic nitrogens is 2. The largest absolute Gasteiger partial charge is 0.399 e. The van der Waals surface area contributed by atoms with Crippen LogP contribution < -0.4 is 5.73 Å². The summed E-state index contributed by atoms with van der Waals surface area (Å²) >= 11 is 0. The number of rotatable bonds is 4. The lowest BCUT2D eigenvalue weighted by Crippen LogP contribution is -2.10. The molecule has 0 amide bonds. The minimum absolute atomic E-state index is 0.420. The van der Waals surface area contributed by atoms with Crippen LogP contribution in [0, 0.1) is 5.92 Å². The molecule has 3 rings (SSSR count).